The summed E-state index contributed by atoms with van der Waals surface area (Å²) in [6.07, 6.45) is 0.804. The van der Waals surface area contributed by atoms with E-state index in [2.05, 4.69) is 31.9 Å². The van der Waals surface area contributed by atoms with E-state index in [0.29, 0.717) is 37.4 Å². The molecule has 1 atom stereocenters. The van der Waals surface area contributed by atoms with Crippen LogP contribution in [0.3, 0.4) is 0 Å². The van der Waals surface area contributed by atoms with Crippen molar-refractivity contribution in [2.75, 3.05) is 13.2 Å². The van der Waals surface area contributed by atoms with E-state index in [1.807, 2.05) is 30.3 Å². The molecule has 0 amide bonds. The van der Waals surface area contributed by atoms with E-state index in [9.17, 15) is 9.90 Å². The summed E-state index contributed by atoms with van der Waals surface area (Å²) in [4.78, 5) is 11.3. The maximum atomic E-state index is 11.3. The summed E-state index contributed by atoms with van der Waals surface area (Å²) < 4.78 is 12.6. The van der Waals surface area contributed by atoms with Gasteiger partial charge in [-0.05, 0) is 36.4 Å². The summed E-state index contributed by atoms with van der Waals surface area (Å²) in [5.41, 5.74) is 1.58. The first kappa shape index (κ1) is 23.7. The number of Topliss-reactive ketones (excluding diaryl/α,β-unsaturated/α-hetero) is 1. The first-order valence-electron chi connectivity index (χ1n) is 7.60. The molecule has 3 radical (unpaired) electrons. The van der Waals surface area contributed by atoms with Gasteiger partial charge in [-0.25, -0.2) is 0 Å². The van der Waals surface area contributed by atoms with Crippen LogP contribution in [-0.4, -0.2) is 32.5 Å². The van der Waals surface area contributed by atoms with Gasteiger partial charge in [-0.15, -0.1) is 0 Å². The molecule has 1 N–H and O–H groups in total. The van der Waals surface area contributed by atoms with Crippen LogP contribution in [0, 0.1) is 0 Å². The van der Waals surface area contributed by atoms with Crippen LogP contribution in [0.25, 0.3) is 0 Å². The maximum absolute atomic E-state index is 11.3. The van der Waals surface area contributed by atoms with Gasteiger partial charge in [0.25, 0.3) is 0 Å². The fraction of sp³-hybridized carbons (Fsp3) is 0.278. The minimum absolute atomic E-state index is 0. The number of carbonyl (C=O) groups is 1. The molecule has 4 nitrogen and oxygen atoms in total. The molecule has 8 heteroatoms. The van der Waals surface area contributed by atoms with E-state index in [1.165, 1.54) is 0 Å². The topological polar surface area (TPSA) is 55.8 Å². The first-order valence-corrected chi connectivity index (χ1v) is 9.19. The van der Waals surface area contributed by atoms with Crippen molar-refractivity contribution in [3.05, 3.63) is 56.5 Å². The van der Waals surface area contributed by atoms with Crippen LogP contribution in [0.2, 0.25) is 0 Å². The molecule has 2 aliphatic rings. The first-order chi connectivity index (χ1) is 11.5. The van der Waals surface area contributed by atoms with Gasteiger partial charge in [-0.2, -0.15) is 0 Å². The third kappa shape index (κ3) is 5.84. The van der Waals surface area contributed by atoms with Crippen LogP contribution in [0.15, 0.2) is 45.3 Å². The molecule has 1 unspecified atom stereocenters. The number of hydrogen-bond acceptors (Lipinski definition) is 4. The molecule has 0 saturated carbocycles. The molecule has 0 fully saturated rings. The molecule has 0 aliphatic carbocycles. The zero-order valence-electron chi connectivity index (χ0n) is 15.4. The summed E-state index contributed by atoms with van der Waals surface area (Å²) in [7, 11) is 0. The maximum Gasteiger partial charge on any atom is 1.00 e. The van der Waals surface area contributed by atoms with Crippen molar-refractivity contribution in [3.63, 3.8) is 0 Å². The van der Waals surface area contributed by atoms with Gasteiger partial charge in [0, 0.05) is 35.8 Å². The average molecular weight is 491 g/mol. The molecular formula is C18H17BBr2NaO4. The molecule has 131 valence electrons. The minimum Gasteiger partial charge on any atom is -1.00 e. The minimum atomic E-state index is -0.369. The third-order valence-corrected chi connectivity index (χ3v) is 4.79. The quantitative estimate of drug-likeness (QED) is 0.568. The van der Waals surface area contributed by atoms with Crippen molar-refractivity contribution in [1.29, 1.82) is 0 Å². The molecule has 2 aromatic carbocycles. The zero-order valence-corrected chi connectivity index (χ0v) is 19.5. The Balaban J connectivity index is 0.000000451. The Bertz CT molecular complexity index is 779. The second kappa shape index (κ2) is 10.9. The van der Waals surface area contributed by atoms with Crippen molar-refractivity contribution in [1.82, 2.24) is 0 Å². The van der Waals surface area contributed by atoms with Crippen LogP contribution in [0.1, 0.15) is 36.3 Å². The van der Waals surface area contributed by atoms with Gasteiger partial charge in [-0.1, -0.05) is 31.9 Å². The molecule has 0 bridgehead atoms. The van der Waals surface area contributed by atoms with Crippen molar-refractivity contribution in [3.8, 4) is 11.5 Å². The van der Waals surface area contributed by atoms with Crippen molar-refractivity contribution < 1.29 is 50.4 Å². The van der Waals surface area contributed by atoms with Gasteiger partial charge in [0.1, 0.15) is 11.5 Å². The number of ether oxygens (including phenoxy) is 2. The average Bonchev–Trinajstić information content (AvgIpc) is 2.57. The molecule has 2 aromatic rings. The number of aliphatic hydroxyl groups is 1. The van der Waals surface area contributed by atoms with Crippen LogP contribution >= 0.6 is 31.9 Å². The fourth-order valence-corrected chi connectivity index (χ4v) is 3.32. The Labute approximate surface area is 195 Å². The normalized spacial score (nSPS) is 16.9. The molecular weight excluding hydrogens is 474 g/mol. The number of halogens is 2. The second-order valence-electron chi connectivity index (χ2n) is 5.50. The molecule has 4 rings (SSSR count). The molecule has 0 aromatic heterocycles. The Morgan fingerprint density at radius 2 is 1.62 bits per heavy atom. The Kier molecular flexibility index (Phi) is 9.93. The third-order valence-electron chi connectivity index (χ3n) is 3.81. The number of aliphatic hydroxyl groups excluding tert-OH is 1. The van der Waals surface area contributed by atoms with Gasteiger partial charge in [-0.3, -0.25) is 4.79 Å². The van der Waals surface area contributed by atoms with E-state index in [1.54, 1.807) is 6.07 Å². The SMILES string of the molecule is O=C1CCOc2ccc(Br)cc21.OC1CCOc2ccc(Br)cc21.[B].[H-].[Na+]. The summed E-state index contributed by atoms with van der Waals surface area (Å²) >= 11 is 6.66. The standard InChI is InChI=1S/C9H9BrO2.C9H7BrO2.B.Na.H/c2*10-6-1-2-9-7(5-6)8(11)3-4-12-9;;;/h1-2,5,8,11H,3-4H2;1-2,5H,3-4H2;;;/q;;;+1;-1. The number of ketones is 1. The number of fused-ring (bicyclic) bond motifs is 2. The fourth-order valence-electron chi connectivity index (χ4n) is 2.58. The van der Waals surface area contributed by atoms with E-state index in [0.717, 1.165) is 20.3 Å². The van der Waals surface area contributed by atoms with E-state index in [-0.39, 0.29) is 51.3 Å². The summed E-state index contributed by atoms with van der Waals surface area (Å²) in [6, 6.07) is 11.2. The molecule has 2 aliphatic heterocycles. The Morgan fingerprint density at radius 1 is 1.00 bits per heavy atom. The van der Waals surface area contributed by atoms with E-state index >= 15 is 0 Å². The van der Waals surface area contributed by atoms with Crippen molar-refractivity contribution in [2.24, 2.45) is 0 Å². The van der Waals surface area contributed by atoms with Crippen molar-refractivity contribution in [2.45, 2.75) is 18.9 Å². The van der Waals surface area contributed by atoms with Gasteiger partial charge >= 0.3 is 29.6 Å². The number of hydrogen-bond donors (Lipinski definition) is 1. The van der Waals surface area contributed by atoms with Gasteiger partial charge in [0.15, 0.2) is 5.78 Å². The van der Waals surface area contributed by atoms with E-state index < -0.39 is 0 Å². The smallest absolute Gasteiger partial charge is 1.00 e. The van der Waals surface area contributed by atoms with Crippen LogP contribution in [-0.2, 0) is 0 Å². The number of rotatable bonds is 0. The molecule has 26 heavy (non-hydrogen) atoms. The predicted molar refractivity (Wildman–Crippen MR) is 105 cm³/mol. The Hall–Kier alpha value is -0.305. The van der Waals surface area contributed by atoms with Crippen LogP contribution < -0.4 is 39.0 Å². The van der Waals surface area contributed by atoms with E-state index in [4.69, 9.17) is 9.47 Å². The van der Waals surface area contributed by atoms with Crippen LogP contribution in [0.5, 0.6) is 11.5 Å². The summed E-state index contributed by atoms with van der Waals surface area (Å²) in [5.74, 6) is 1.67. The predicted octanol–water partition coefficient (Wildman–Crippen LogP) is 1.41. The largest absolute Gasteiger partial charge is 1.00 e. The molecule has 0 saturated heterocycles. The molecule has 0 spiro atoms. The monoisotopic (exact) mass is 489 g/mol. The zero-order chi connectivity index (χ0) is 17.1. The Morgan fingerprint density at radius 3 is 2.35 bits per heavy atom. The molecule has 2 heterocycles. The number of benzene rings is 2. The summed E-state index contributed by atoms with van der Waals surface area (Å²) in [5, 5.41) is 9.58. The van der Waals surface area contributed by atoms with Crippen molar-refractivity contribution >= 4 is 46.1 Å². The van der Waals surface area contributed by atoms with Gasteiger partial charge < -0.3 is 16.0 Å². The second-order valence-corrected chi connectivity index (χ2v) is 7.33. The summed E-state index contributed by atoms with van der Waals surface area (Å²) in [6.45, 7) is 1.11. The van der Waals surface area contributed by atoms with Crippen LogP contribution in [0.4, 0.5) is 0 Å². The van der Waals surface area contributed by atoms with Gasteiger partial charge in [0.2, 0.25) is 0 Å². The van der Waals surface area contributed by atoms with Gasteiger partial charge in [0.05, 0.1) is 24.9 Å². The number of carbonyl (C=O) groups excluding carboxylic acids is 1.